The number of hydrogen-bond acceptors (Lipinski definition) is 5. The van der Waals surface area contributed by atoms with E-state index in [9.17, 15) is 18.8 Å². The standard InChI is InChI=1S/C18H20FN3O4/c1-11(2)17(18(25)26-3)20-15(23)10-22-16(24)9-8-14(21-22)12-4-6-13(19)7-5-12/h4-9,11,17H,10H2,1-3H3,(H,20,23)/t17-/m0/s1. The normalized spacial score (nSPS) is 11.9. The fraction of sp³-hybridized carbons (Fsp3) is 0.333. The molecule has 1 N–H and O–H groups in total. The van der Waals surface area contributed by atoms with Gasteiger partial charge in [-0.1, -0.05) is 13.8 Å². The first-order valence-electron chi connectivity index (χ1n) is 8.03. The highest BCUT2D eigenvalue weighted by Gasteiger charge is 2.25. The van der Waals surface area contributed by atoms with Crippen LogP contribution in [0.25, 0.3) is 11.3 Å². The molecule has 1 aromatic heterocycles. The smallest absolute Gasteiger partial charge is 0.328 e. The van der Waals surface area contributed by atoms with Crippen molar-refractivity contribution in [2.75, 3.05) is 7.11 Å². The maximum Gasteiger partial charge on any atom is 0.328 e. The van der Waals surface area contributed by atoms with E-state index in [1.807, 2.05) is 0 Å². The molecule has 0 bridgehead atoms. The highest BCUT2D eigenvalue weighted by atomic mass is 19.1. The third kappa shape index (κ3) is 4.75. The van der Waals surface area contributed by atoms with Gasteiger partial charge in [-0.3, -0.25) is 9.59 Å². The van der Waals surface area contributed by atoms with Crippen molar-refractivity contribution >= 4 is 11.9 Å². The monoisotopic (exact) mass is 361 g/mol. The average molecular weight is 361 g/mol. The summed E-state index contributed by atoms with van der Waals surface area (Å²) in [6, 6.07) is 7.57. The molecule has 7 nitrogen and oxygen atoms in total. The van der Waals surface area contributed by atoms with Crippen molar-refractivity contribution in [3.8, 4) is 11.3 Å². The first-order chi connectivity index (χ1) is 12.3. The quantitative estimate of drug-likeness (QED) is 0.785. The number of carbonyl (C=O) groups excluding carboxylic acids is 2. The van der Waals surface area contributed by atoms with Gasteiger partial charge in [-0.05, 0) is 36.2 Å². The van der Waals surface area contributed by atoms with E-state index in [1.165, 1.54) is 43.5 Å². The summed E-state index contributed by atoms with van der Waals surface area (Å²) in [5.41, 5.74) is 0.561. The molecule has 2 rings (SSSR count). The number of halogens is 1. The second-order valence-electron chi connectivity index (χ2n) is 6.03. The number of amides is 1. The lowest BCUT2D eigenvalue weighted by Gasteiger charge is -2.19. The molecule has 1 aromatic carbocycles. The van der Waals surface area contributed by atoms with Crippen LogP contribution >= 0.6 is 0 Å². The van der Waals surface area contributed by atoms with Gasteiger partial charge in [-0.15, -0.1) is 0 Å². The van der Waals surface area contributed by atoms with E-state index in [1.54, 1.807) is 13.8 Å². The van der Waals surface area contributed by atoms with Crippen LogP contribution in [0.3, 0.4) is 0 Å². The molecular formula is C18H20FN3O4. The van der Waals surface area contributed by atoms with Crippen molar-refractivity contribution in [3.05, 3.63) is 52.6 Å². The second-order valence-corrected chi connectivity index (χ2v) is 6.03. The Labute approximate surface area is 149 Å². The lowest BCUT2D eigenvalue weighted by atomic mass is 10.0. The third-order valence-electron chi connectivity index (χ3n) is 3.74. The predicted molar refractivity (Wildman–Crippen MR) is 92.7 cm³/mol. The Kier molecular flexibility index (Phi) is 6.21. The Balaban J connectivity index is 2.19. The van der Waals surface area contributed by atoms with Crippen molar-refractivity contribution in [2.24, 2.45) is 5.92 Å². The molecule has 0 aliphatic heterocycles. The minimum Gasteiger partial charge on any atom is -0.467 e. The minimum absolute atomic E-state index is 0.179. The summed E-state index contributed by atoms with van der Waals surface area (Å²) >= 11 is 0. The molecule has 0 saturated carbocycles. The van der Waals surface area contributed by atoms with Crippen LogP contribution in [0, 0.1) is 11.7 Å². The van der Waals surface area contributed by atoms with Crippen LogP contribution in [0.5, 0.6) is 0 Å². The van der Waals surface area contributed by atoms with Gasteiger partial charge in [0.05, 0.1) is 12.8 Å². The molecule has 1 amide bonds. The topological polar surface area (TPSA) is 90.3 Å². The molecule has 0 radical (unpaired) electrons. The van der Waals surface area contributed by atoms with Gasteiger partial charge in [0.2, 0.25) is 5.91 Å². The van der Waals surface area contributed by atoms with Crippen molar-refractivity contribution in [2.45, 2.75) is 26.4 Å². The molecule has 8 heteroatoms. The molecule has 0 fully saturated rings. The van der Waals surface area contributed by atoms with Gasteiger partial charge in [0, 0.05) is 11.6 Å². The summed E-state index contributed by atoms with van der Waals surface area (Å²) in [6.45, 7) is 3.18. The Morgan fingerprint density at radius 1 is 1.19 bits per heavy atom. The van der Waals surface area contributed by atoms with Crippen LogP contribution in [-0.4, -0.2) is 34.8 Å². The Morgan fingerprint density at radius 2 is 1.85 bits per heavy atom. The summed E-state index contributed by atoms with van der Waals surface area (Å²) < 4.78 is 18.7. The van der Waals surface area contributed by atoms with Crippen molar-refractivity contribution in [3.63, 3.8) is 0 Å². The lowest BCUT2D eigenvalue weighted by Crippen LogP contribution is -2.47. The fourth-order valence-corrected chi connectivity index (χ4v) is 2.32. The molecule has 0 spiro atoms. The summed E-state index contributed by atoms with van der Waals surface area (Å²) in [4.78, 5) is 35.9. The maximum atomic E-state index is 13.0. The average Bonchev–Trinajstić information content (AvgIpc) is 2.61. The zero-order valence-corrected chi connectivity index (χ0v) is 14.7. The number of nitrogens with one attached hydrogen (secondary N) is 1. The molecule has 0 aliphatic rings. The van der Waals surface area contributed by atoms with Crippen LogP contribution in [0.15, 0.2) is 41.2 Å². The zero-order chi connectivity index (χ0) is 19.3. The van der Waals surface area contributed by atoms with Crippen LogP contribution in [-0.2, 0) is 20.9 Å². The van der Waals surface area contributed by atoms with Crippen molar-refractivity contribution in [1.29, 1.82) is 0 Å². The summed E-state index contributed by atoms with van der Waals surface area (Å²) in [5, 5.41) is 6.68. The Bertz CT molecular complexity index is 846. The molecule has 1 atom stereocenters. The summed E-state index contributed by atoms with van der Waals surface area (Å²) in [6.07, 6.45) is 0. The maximum absolute atomic E-state index is 13.0. The third-order valence-corrected chi connectivity index (χ3v) is 3.74. The molecular weight excluding hydrogens is 341 g/mol. The van der Waals surface area contributed by atoms with Crippen LogP contribution in [0.2, 0.25) is 0 Å². The first-order valence-corrected chi connectivity index (χ1v) is 8.03. The molecule has 1 heterocycles. The highest BCUT2D eigenvalue weighted by Crippen LogP contribution is 2.15. The number of rotatable bonds is 6. The fourth-order valence-electron chi connectivity index (χ4n) is 2.32. The second kappa shape index (κ2) is 8.37. The molecule has 0 aliphatic carbocycles. The Hall–Kier alpha value is -3.03. The SMILES string of the molecule is COC(=O)[C@@H](NC(=O)Cn1nc(-c2ccc(F)cc2)ccc1=O)C(C)C. The van der Waals surface area contributed by atoms with Crippen LogP contribution < -0.4 is 10.9 Å². The van der Waals surface area contributed by atoms with E-state index >= 15 is 0 Å². The number of carbonyl (C=O) groups is 2. The number of nitrogens with zero attached hydrogens (tertiary/aromatic N) is 2. The number of aromatic nitrogens is 2. The number of benzene rings is 1. The van der Waals surface area contributed by atoms with Gasteiger partial charge >= 0.3 is 5.97 Å². The van der Waals surface area contributed by atoms with Gasteiger partial charge < -0.3 is 10.1 Å². The first kappa shape index (κ1) is 19.3. The molecule has 26 heavy (non-hydrogen) atoms. The zero-order valence-electron chi connectivity index (χ0n) is 14.7. The van der Waals surface area contributed by atoms with Gasteiger partial charge in [0.25, 0.3) is 5.56 Å². The number of methoxy groups -OCH3 is 1. The van der Waals surface area contributed by atoms with Crippen LogP contribution in [0.1, 0.15) is 13.8 Å². The van der Waals surface area contributed by atoms with E-state index in [0.717, 1.165) is 4.68 Å². The molecule has 0 unspecified atom stereocenters. The van der Waals surface area contributed by atoms with E-state index < -0.39 is 23.5 Å². The summed E-state index contributed by atoms with van der Waals surface area (Å²) in [7, 11) is 1.24. The molecule has 2 aromatic rings. The number of esters is 1. The van der Waals surface area contributed by atoms with Crippen LogP contribution in [0.4, 0.5) is 4.39 Å². The predicted octanol–water partition coefficient (Wildman–Crippen LogP) is 1.36. The Morgan fingerprint density at radius 3 is 2.42 bits per heavy atom. The van der Waals surface area contributed by atoms with E-state index in [-0.39, 0.29) is 18.3 Å². The number of hydrogen-bond donors (Lipinski definition) is 1. The highest BCUT2D eigenvalue weighted by molar-refractivity contribution is 5.84. The molecule has 138 valence electrons. The van der Waals surface area contributed by atoms with Gasteiger partial charge in [-0.2, -0.15) is 5.10 Å². The van der Waals surface area contributed by atoms with Gasteiger partial charge in [0.15, 0.2) is 0 Å². The largest absolute Gasteiger partial charge is 0.467 e. The van der Waals surface area contributed by atoms with Crippen molar-refractivity contribution in [1.82, 2.24) is 15.1 Å². The van der Waals surface area contributed by atoms with E-state index in [2.05, 4.69) is 15.2 Å². The van der Waals surface area contributed by atoms with Gasteiger partial charge in [-0.25, -0.2) is 13.9 Å². The van der Waals surface area contributed by atoms with E-state index in [4.69, 9.17) is 0 Å². The van der Waals surface area contributed by atoms with Crippen molar-refractivity contribution < 1.29 is 18.7 Å². The molecule has 0 saturated heterocycles. The lowest BCUT2D eigenvalue weighted by molar-refractivity contribution is -0.146. The van der Waals surface area contributed by atoms with E-state index in [0.29, 0.717) is 11.3 Å². The summed E-state index contributed by atoms with van der Waals surface area (Å²) in [5.74, 6) is -1.67. The van der Waals surface area contributed by atoms with Gasteiger partial charge in [0.1, 0.15) is 18.4 Å². The number of ether oxygens (including phenoxy) is 1. The minimum atomic E-state index is -0.816.